The van der Waals surface area contributed by atoms with E-state index in [9.17, 15) is 29.7 Å². The van der Waals surface area contributed by atoms with E-state index in [0.29, 0.717) is 19.3 Å². The van der Waals surface area contributed by atoms with Crippen molar-refractivity contribution in [2.75, 3.05) is 13.2 Å². The summed E-state index contributed by atoms with van der Waals surface area (Å²) in [5, 5.41) is 30.2. The normalized spacial score (nSPS) is 18.8. The van der Waals surface area contributed by atoms with Crippen LogP contribution in [0.25, 0.3) is 0 Å². The number of aliphatic hydroxyl groups is 3. The molecule has 0 amide bonds. The molecule has 0 saturated heterocycles. The Labute approximate surface area is 311 Å². The van der Waals surface area contributed by atoms with Crippen LogP contribution in [0.1, 0.15) is 200 Å². The summed E-state index contributed by atoms with van der Waals surface area (Å²) in [5.74, 6) is -1.18. The van der Waals surface area contributed by atoms with Crippen molar-refractivity contribution in [3.8, 4) is 0 Å². The van der Waals surface area contributed by atoms with Crippen LogP contribution >= 0.6 is 0 Å². The van der Waals surface area contributed by atoms with E-state index in [1.54, 1.807) is 12.2 Å². The molecule has 8 heteroatoms. The Morgan fingerprint density at radius 1 is 0.706 bits per heavy atom. The minimum atomic E-state index is -0.841. The molecule has 0 unspecified atom stereocenters. The van der Waals surface area contributed by atoms with E-state index in [0.717, 1.165) is 64.2 Å². The minimum Gasteiger partial charge on any atom is -0.462 e. The summed E-state index contributed by atoms with van der Waals surface area (Å²) < 4.78 is 10.6. The zero-order valence-electron chi connectivity index (χ0n) is 32.8. The van der Waals surface area contributed by atoms with E-state index in [2.05, 4.69) is 13.8 Å². The van der Waals surface area contributed by atoms with Gasteiger partial charge in [0.05, 0.1) is 18.8 Å². The van der Waals surface area contributed by atoms with Gasteiger partial charge in [0.15, 0.2) is 6.10 Å². The highest BCUT2D eigenvalue weighted by Crippen LogP contribution is 2.34. The van der Waals surface area contributed by atoms with Crippen LogP contribution in [0, 0.1) is 11.8 Å². The van der Waals surface area contributed by atoms with E-state index in [1.165, 1.54) is 89.9 Å². The fraction of sp³-hybridized carbons (Fsp3) is 0.884. The summed E-state index contributed by atoms with van der Waals surface area (Å²) in [6.07, 6.45) is 31.7. The van der Waals surface area contributed by atoms with Gasteiger partial charge in [-0.25, -0.2) is 0 Å². The molecule has 8 nitrogen and oxygen atoms in total. The fourth-order valence-electron chi connectivity index (χ4n) is 7.17. The molecule has 298 valence electrons. The Morgan fingerprint density at radius 2 is 1.18 bits per heavy atom. The number of Topliss-reactive ketones (excluding diaryl/α,β-unsaturated/α-hetero) is 1. The summed E-state index contributed by atoms with van der Waals surface area (Å²) in [6, 6.07) is 0. The van der Waals surface area contributed by atoms with Crippen molar-refractivity contribution in [2.45, 2.75) is 218 Å². The van der Waals surface area contributed by atoms with Crippen molar-refractivity contribution in [2.24, 2.45) is 11.8 Å². The maximum atomic E-state index is 12.4. The molecule has 0 aromatic carbocycles. The molecule has 51 heavy (non-hydrogen) atoms. The van der Waals surface area contributed by atoms with Gasteiger partial charge in [-0.3, -0.25) is 14.4 Å². The number of aliphatic hydroxyl groups excluding tert-OH is 3. The van der Waals surface area contributed by atoms with Crippen molar-refractivity contribution >= 4 is 17.7 Å². The monoisotopic (exact) mass is 723 g/mol. The number of hydrogen-bond acceptors (Lipinski definition) is 8. The number of carbonyl (C=O) groups is 3. The lowest BCUT2D eigenvalue weighted by Crippen LogP contribution is -2.28. The first-order valence-corrected chi connectivity index (χ1v) is 21.3. The zero-order valence-corrected chi connectivity index (χ0v) is 32.8. The quantitative estimate of drug-likeness (QED) is 0.0335. The predicted molar refractivity (Wildman–Crippen MR) is 206 cm³/mol. The van der Waals surface area contributed by atoms with Crippen LogP contribution in [0.15, 0.2) is 12.2 Å². The molecule has 1 saturated carbocycles. The van der Waals surface area contributed by atoms with E-state index in [1.807, 2.05) is 0 Å². The first-order chi connectivity index (χ1) is 24.8. The van der Waals surface area contributed by atoms with Crippen molar-refractivity contribution < 1.29 is 39.2 Å². The van der Waals surface area contributed by atoms with E-state index >= 15 is 0 Å². The maximum Gasteiger partial charge on any atom is 0.306 e. The Kier molecular flexibility index (Phi) is 30.4. The summed E-state index contributed by atoms with van der Waals surface area (Å²) in [5.41, 5.74) is 0. The second kappa shape index (κ2) is 32.8. The highest BCUT2D eigenvalue weighted by Gasteiger charge is 2.39. The van der Waals surface area contributed by atoms with Gasteiger partial charge in [0.2, 0.25) is 0 Å². The molecule has 0 aromatic rings. The number of ketones is 1. The number of ether oxygens (including phenoxy) is 2. The SMILES string of the molecule is CCCCCCCCCCCCCCCCCCCC(=O)O[C@@H](CO)COC(=O)CCCCCC[C@H]1[C@@H](O)CC(=O)[C@@H]1/C=C/[C@@H](O)CCCCC. The van der Waals surface area contributed by atoms with Crippen molar-refractivity contribution in [1.29, 1.82) is 0 Å². The van der Waals surface area contributed by atoms with Crippen molar-refractivity contribution in [1.82, 2.24) is 0 Å². The Bertz CT molecular complexity index is 889. The van der Waals surface area contributed by atoms with Crippen LogP contribution in [0.3, 0.4) is 0 Å². The average Bonchev–Trinajstić information content (AvgIpc) is 3.39. The van der Waals surface area contributed by atoms with E-state index in [-0.39, 0.29) is 55.6 Å². The molecular formula is C43H78O8. The first kappa shape index (κ1) is 47.3. The standard InChI is InChI=1S/C43H78O8/c1-3-5-7-8-9-10-11-12-13-14-15-16-17-18-19-20-26-30-43(49)51-37(34-44)35-50-42(48)29-25-22-21-24-28-38-39(41(47)33-40(38)46)32-31-36(45)27-23-6-4-2/h31-32,36-40,44-46H,3-30,33-35H2,1-2H3/b32-31+/t36-,37-,38+,39+,40-/m0/s1. The highest BCUT2D eigenvalue weighted by atomic mass is 16.6. The van der Waals surface area contributed by atoms with Gasteiger partial charge in [-0.1, -0.05) is 167 Å². The number of carbonyl (C=O) groups excluding carboxylic acids is 3. The van der Waals surface area contributed by atoms with Gasteiger partial charge in [0.1, 0.15) is 12.4 Å². The molecule has 3 N–H and O–H groups in total. The Balaban J connectivity index is 2.04. The maximum absolute atomic E-state index is 12.4. The third kappa shape index (κ3) is 25.8. The van der Waals surface area contributed by atoms with E-state index in [4.69, 9.17) is 9.47 Å². The summed E-state index contributed by atoms with van der Waals surface area (Å²) in [4.78, 5) is 36.9. The van der Waals surface area contributed by atoms with Gasteiger partial charge in [-0.05, 0) is 31.6 Å². The van der Waals surface area contributed by atoms with Crippen LogP contribution in [-0.4, -0.2) is 64.6 Å². The van der Waals surface area contributed by atoms with Gasteiger partial charge < -0.3 is 24.8 Å². The van der Waals surface area contributed by atoms with Gasteiger partial charge in [0, 0.05) is 25.2 Å². The lowest BCUT2D eigenvalue weighted by Gasteiger charge is -2.19. The van der Waals surface area contributed by atoms with Crippen LogP contribution in [0.4, 0.5) is 0 Å². The van der Waals surface area contributed by atoms with Crippen LogP contribution < -0.4 is 0 Å². The zero-order chi connectivity index (χ0) is 37.4. The summed E-state index contributed by atoms with van der Waals surface area (Å²) in [7, 11) is 0. The highest BCUT2D eigenvalue weighted by molar-refractivity contribution is 5.86. The topological polar surface area (TPSA) is 130 Å². The number of esters is 2. The molecule has 1 aliphatic carbocycles. The van der Waals surface area contributed by atoms with Gasteiger partial charge in [0.25, 0.3) is 0 Å². The smallest absolute Gasteiger partial charge is 0.306 e. The number of hydrogen-bond donors (Lipinski definition) is 3. The van der Waals surface area contributed by atoms with Gasteiger partial charge in [-0.2, -0.15) is 0 Å². The first-order valence-electron chi connectivity index (χ1n) is 21.3. The minimum absolute atomic E-state index is 0.0366. The lowest BCUT2D eigenvalue weighted by atomic mass is 9.88. The molecule has 0 bridgehead atoms. The number of unbranched alkanes of at least 4 members (excludes halogenated alkanes) is 21. The molecule has 0 heterocycles. The van der Waals surface area contributed by atoms with Crippen LogP contribution in [-0.2, 0) is 23.9 Å². The predicted octanol–water partition coefficient (Wildman–Crippen LogP) is 9.88. The molecule has 0 spiro atoms. The largest absolute Gasteiger partial charge is 0.462 e. The van der Waals surface area contributed by atoms with Crippen LogP contribution in [0.2, 0.25) is 0 Å². The fourth-order valence-corrected chi connectivity index (χ4v) is 7.17. The lowest BCUT2D eigenvalue weighted by molar-refractivity contribution is -0.161. The Hall–Kier alpha value is -1.77. The van der Waals surface area contributed by atoms with E-state index < -0.39 is 18.3 Å². The van der Waals surface area contributed by atoms with Crippen molar-refractivity contribution in [3.63, 3.8) is 0 Å². The number of rotatable bonds is 35. The van der Waals surface area contributed by atoms with Crippen molar-refractivity contribution in [3.05, 3.63) is 12.2 Å². The second-order valence-electron chi connectivity index (χ2n) is 15.2. The number of allylic oxidation sites excluding steroid dienone is 1. The third-order valence-electron chi connectivity index (χ3n) is 10.5. The third-order valence-corrected chi connectivity index (χ3v) is 10.5. The van der Waals surface area contributed by atoms with Gasteiger partial charge in [-0.15, -0.1) is 0 Å². The summed E-state index contributed by atoms with van der Waals surface area (Å²) >= 11 is 0. The molecule has 0 radical (unpaired) electrons. The molecule has 1 rings (SSSR count). The summed E-state index contributed by atoms with van der Waals surface area (Å²) in [6.45, 7) is 3.86. The molecule has 5 atom stereocenters. The average molecular weight is 723 g/mol. The van der Waals surface area contributed by atoms with Crippen LogP contribution in [0.5, 0.6) is 0 Å². The molecule has 1 fully saturated rings. The second-order valence-corrected chi connectivity index (χ2v) is 15.2. The molecule has 1 aliphatic rings. The molecule has 0 aromatic heterocycles. The van der Waals surface area contributed by atoms with Gasteiger partial charge >= 0.3 is 11.9 Å². The molecule has 0 aliphatic heterocycles. The molecular weight excluding hydrogens is 644 g/mol. The Morgan fingerprint density at radius 3 is 1.71 bits per heavy atom.